The van der Waals surface area contributed by atoms with Crippen molar-refractivity contribution in [2.24, 2.45) is 16.8 Å². The number of aliphatic imine (C=N–C) groups is 1. The van der Waals surface area contributed by atoms with Crippen molar-refractivity contribution in [3.63, 3.8) is 0 Å². The fraction of sp³-hybridized carbons (Fsp3) is 0.765. The van der Waals surface area contributed by atoms with Gasteiger partial charge in [0, 0.05) is 18.0 Å². The number of nitrogens with zero attached hydrogens (tertiary/aromatic N) is 2. The number of rotatable bonds is 3. The van der Waals surface area contributed by atoms with E-state index in [1.165, 1.54) is 49.8 Å². The molecule has 3 rings (SSSR count). The summed E-state index contributed by atoms with van der Waals surface area (Å²) in [7, 11) is 1.86. The highest BCUT2D eigenvalue weighted by Crippen LogP contribution is 2.40. The van der Waals surface area contributed by atoms with Gasteiger partial charge in [-0.3, -0.25) is 4.99 Å². The molecule has 1 aromatic heterocycles. The molecule has 0 bridgehead atoms. The van der Waals surface area contributed by atoms with Crippen LogP contribution >= 0.6 is 35.3 Å². The quantitative estimate of drug-likeness (QED) is 0.416. The lowest BCUT2D eigenvalue weighted by Crippen LogP contribution is -2.46. The molecule has 0 amide bonds. The third-order valence-corrected chi connectivity index (χ3v) is 6.30. The zero-order chi connectivity index (χ0) is 15.4. The largest absolute Gasteiger partial charge is 0.354 e. The fourth-order valence-corrected chi connectivity index (χ4v) is 4.77. The number of hydrogen-bond acceptors (Lipinski definition) is 3. The lowest BCUT2D eigenvalue weighted by atomic mass is 9.69. The average molecular weight is 448 g/mol. The van der Waals surface area contributed by atoms with E-state index in [0.717, 1.165) is 30.0 Å². The molecule has 1 heterocycles. The maximum absolute atomic E-state index is 4.39. The normalized spacial score (nSPS) is 27.7. The molecule has 0 aromatic carbocycles. The summed E-state index contributed by atoms with van der Waals surface area (Å²) in [6.45, 7) is 2.88. The van der Waals surface area contributed by atoms with Crippen LogP contribution in [0.2, 0.25) is 0 Å². The van der Waals surface area contributed by atoms with Crippen molar-refractivity contribution in [3.05, 3.63) is 16.1 Å². The smallest absolute Gasteiger partial charge is 0.191 e. The number of halogens is 1. The summed E-state index contributed by atoms with van der Waals surface area (Å²) in [5.74, 6) is 2.88. The van der Waals surface area contributed by atoms with Gasteiger partial charge in [0.1, 0.15) is 0 Å². The standard InChI is InChI=1S/C17H28N4S.HI/c1-12-16(22-11-20-12)10-19-17(18-2)21-15-8-7-13-5-3-4-6-14(13)9-15;/h11,13-15H,3-10H2,1-2H3,(H2,18,19,21);1H. The summed E-state index contributed by atoms with van der Waals surface area (Å²) in [5.41, 5.74) is 3.03. The minimum Gasteiger partial charge on any atom is -0.354 e. The number of aromatic nitrogens is 1. The Morgan fingerprint density at radius 3 is 2.74 bits per heavy atom. The number of hydrogen-bond donors (Lipinski definition) is 2. The van der Waals surface area contributed by atoms with Crippen LogP contribution in [0.15, 0.2) is 10.5 Å². The molecule has 3 atom stereocenters. The molecular formula is C17H29IN4S. The van der Waals surface area contributed by atoms with E-state index in [9.17, 15) is 0 Å². The molecule has 0 saturated heterocycles. The van der Waals surface area contributed by atoms with Gasteiger partial charge in [-0.15, -0.1) is 35.3 Å². The average Bonchev–Trinajstić information content (AvgIpc) is 2.96. The third-order valence-electron chi connectivity index (χ3n) is 5.37. The Morgan fingerprint density at radius 1 is 1.26 bits per heavy atom. The Labute approximate surface area is 161 Å². The Hall–Kier alpha value is -0.370. The van der Waals surface area contributed by atoms with Crippen LogP contribution < -0.4 is 10.6 Å². The molecule has 2 N–H and O–H groups in total. The van der Waals surface area contributed by atoms with Crippen LogP contribution in [-0.2, 0) is 6.54 Å². The first-order valence-corrected chi connectivity index (χ1v) is 9.50. The molecule has 1 aromatic rings. The van der Waals surface area contributed by atoms with Gasteiger partial charge in [0.05, 0.1) is 17.7 Å². The van der Waals surface area contributed by atoms with E-state index in [4.69, 9.17) is 0 Å². The summed E-state index contributed by atoms with van der Waals surface area (Å²) in [5, 5.41) is 7.08. The first kappa shape index (κ1) is 19.0. The van der Waals surface area contributed by atoms with E-state index in [1.54, 1.807) is 11.3 Å². The highest BCUT2D eigenvalue weighted by atomic mass is 127. The van der Waals surface area contributed by atoms with Gasteiger partial charge < -0.3 is 10.6 Å². The molecular weight excluding hydrogens is 419 g/mol. The summed E-state index contributed by atoms with van der Waals surface area (Å²) < 4.78 is 0. The van der Waals surface area contributed by atoms with E-state index in [-0.39, 0.29) is 24.0 Å². The molecule has 4 nitrogen and oxygen atoms in total. The van der Waals surface area contributed by atoms with Crippen LogP contribution in [0.4, 0.5) is 0 Å². The summed E-state index contributed by atoms with van der Waals surface area (Å²) in [6, 6.07) is 0.591. The zero-order valence-electron chi connectivity index (χ0n) is 14.2. The molecule has 6 heteroatoms. The van der Waals surface area contributed by atoms with E-state index in [2.05, 4.69) is 27.5 Å². The Balaban J connectivity index is 0.00000192. The second kappa shape index (κ2) is 9.20. The number of aryl methyl sites for hydroxylation is 1. The molecule has 130 valence electrons. The SMILES string of the molecule is CN=C(NCc1scnc1C)NC1CCC2CCCCC2C1.I. The van der Waals surface area contributed by atoms with Crippen molar-refractivity contribution in [1.29, 1.82) is 0 Å². The van der Waals surface area contributed by atoms with Gasteiger partial charge in [0.25, 0.3) is 0 Å². The van der Waals surface area contributed by atoms with Gasteiger partial charge in [0.2, 0.25) is 0 Å². The van der Waals surface area contributed by atoms with Crippen LogP contribution in [0, 0.1) is 18.8 Å². The van der Waals surface area contributed by atoms with E-state index < -0.39 is 0 Å². The third kappa shape index (κ3) is 5.05. The van der Waals surface area contributed by atoms with Crippen LogP contribution in [0.5, 0.6) is 0 Å². The van der Waals surface area contributed by atoms with Gasteiger partial charge in [-0.1, -0.05) is 25.7 Å². The Bertz CT molecular complexity index is 516. The van der Waals surface area contributed by atoms with Crippen molar-refractivity contribution in [3.8, 4) is 0 Å². The topological polar surface area (TPSA) is 49.3 Å². The first-order chi connectivity index (χ1) is 10.8. The van der Waals surface area contributed by atoms with E-state index in [0.29, 0.717) is 6.04 Å². The molecule has 23 heavy (non-hydrogen) atoms. The number of thiazole rings is 1. The number of guanidine groups is 1. The van der Waals surface area contributed by atoms with Crippen LogP contribution in [-0.4, -0.2) is 24.0 Å². The highest BCUT2D eigenvalue weighted by molar-refractivity contribution is 14.0. The molecule has 2 aliphatic rings. The van der Waals surface area contributed by atoms with Gasteiger partial charge in [-0.05, 0) is 38.0 Å². The maximum atomic E-state index is 4.39. The molecule has 0 spiro atoms. The lowest BCUT2D eigenvalue weighted by molar-refractivity contribution is 0.150. The molecule has 2 aliphatic carbocycles. The minimum atomic E-state index is 0. The van der Waals surface area contributed by atoms with Crippen molar-refractivity contribution in [2.45, 2.75) is 64.5 Å². The second-order valence-corrected chi connectivity index (χ2v) is 7.68. The highest BCUT2D eigenvalue weighted by Gasteiger charge is 2.32. The maximum Gasteiger partial charge on any atom is 0.191 e. The van der Waals surface area contributed by atoms with Gasteiger partial charge >= 0.3 is 0 Å². The van der Waals surface area contributed by atoms with Gasteiger partial charge in [-0.25, -0.2) is 4.98 Å². The van der Waals surface area contributed by atoms with Crippen molar-refractivity contribution in [2.75, 3.05) is 7.05 Å². The van der Waals surface area contributed by atoms with Crippen molar-refractivity contribution < 1.29 is 0 Å². The fourth-order valence-electron chi connectivity index (χ4n) is 4.05. The monoisotopic (exact) mass is 448 g/mol. The number of nitrogens with one attached hydrogen (secondary N) is 2. The summed E-state index contributed by atoms with van der Waals surface area (Å²) >= 11 is 1.71. The molecule has 2 fully saturated rings. The van der Waals surface area contributed by atoms with E-state index in [1.807, 2.05) is 12.6 Å². The molecule has 0 aliphatic heterocycles. The predicted octanol–water partition coefficient (Wildman–Crippen LogP) is 4.09. The minimum absolute atomic E-state index is 0. The van der Waals surface area contributed by atoms with E-state index >= 15 is 0 Å². The van der Waals surface area contributed by atoms with Crippen molar-refractivity contribution in [1.82, 2.24) is 15.6 Å². The van der Waals surface area contributed by atoms with Crippen LogP contribution in [0.25, 0.3) is 0 Å². The zero-order valence-corrected chi connectivity index (χ0v) is 17.3. The number of fused-ring (bicyclic) bond motifs is 1. The van der Waals surface area contributed by atoms with Crippen LogP contribution in [0.1, 0.15) is 55.5 Å². The summed E-state index contributed by atoms with van der Waals surface area (Å²) in [6.07, 6.45) is 9.81. The Kier molecular flexibility index (Phi) is 7.59. The van der Waals surface area contributed by atoms with Crippen LogP contribution in [0.3, 0.4) is 0 Å². The second-order valence-electron chi connectivity index (χ2n) is 6.75. The molecule has 3 unspecified atom stereocenters. The Morgan fingerprint density at radius 2 is 2.04 bits per heavy atom. The lowest BCUT2D eigenvalue weighted by Gasteiger charge is -2.39. The summed E-state index contributed by atoms with van der Waals surface area (Å²) in [4.78, 5) is 9.98. The predicted molar refractivity (Wildman–Crippen MR) is 109 cm³/mol. The van der Waals surface area contributed by atoms with Gasteiger partial charge in [-0.2, -0.15) is 0 Å². The molecule has 0 radical (unpaired) electrons. The first-order valence-electron chi connectivity index (χ1n) is 8.62. The van der Waals surface area contributed by atoms with Gasteiger partial charge in [0.15, 0.2) is 5.96 Å². The van der Waals surface area contributed by atoms with Crippen molar-refractivity contribution >= 4 is 41.3 Å². The molecule has 2 saturated carbocycles.